The average Bonchev–Trinajstić information content (AvgIpc) is 3.39. The first-order chi connectivity index (χ1) is 32.7. The van der Waals surface area contributed by atoms with Gasteiger partial charge < -0.3 is 24.2 Å². The first-order valence-corrected chi connectivity index (χ1v) is 22.6. The minimum Gasteiger partial charge on any atom is -0.453 e. The van der Waals surface area contributed by atoms with Crippen LogP contribution in [0.25, 0.3) is 34.2 Å². The van der Waals surface area contributed by atoms with E-state index in [-0.39, 0.29) is 0 Å². The van der Waals surface area contributed by atoms with Crippen LogP contribution in [0.3, 0.4) is 0 Å². The van der Waals surface area contributed by atoms with E-state index in [1.54, 1.807) is 11.8 Å². The SMILES string of the molecule is c1ccc2c(c1)Oc1ccccc1N2c1ccc(-c2nc(-c3ccc(N4c5ccccc5Oc5ccccc54)cc3)nc(-c3ccc(N4c5ccccc5Sc5ccccc54)cc3)n2)cc1. The van der Waals surface area contributed by atoms with Crippen molar-refractivity contribution in [2.45, 2.75) is 9.79 Å². The maximum absolute atomic E-state index is 6.30. The number of hydrogen-bond acceptors (Lipinski definition) is 9. The van der Waals surface area contributed by atoms with Crippen LogP contribution in [0.2, 0.25) is 0 Å². The molecule has 312 valence electrons. The Morgan fingerprint density at radius 3 is 0.848 bits per heavy atom. The Kier molecular flexibility index (Phi) is 8.92. The Morgan fingerprint density at radius 2 is 0.530 bits per heavy atom. The molecule has 10 aromatic rings. The minimum absolute atomic E-state index is 0.574. The summed E-state index contributed by atoms with van der Waals surface area (Å²) in [5.74, 6) is 4.94. The number of ether oxygens (including phenoxy) is 2. The van der Waals surface area contributed by atoms with Gasteiger partial charge in [0, 0.05) is 43.5 Å². The Labute approximate surface area is 385 Å². The molecule has 8 nitrogen and oxygen atoms in total. The molecule has 13 rings (SSSR count). The van der Waals surface area contributed by atoms with Crippen molar-refractivity contribution in [1.29, 1.82) is 0 Å². The number of benzene rings is 9. The number of nitrogens with zero attached hydrogens (tertiary/aromatic N) is 6. The fraction of sp³-hybridized carbons (Fsp3) is 0. The van der Waals surface area contributed by atoms with Gasteiger partial charge >= 0.3 is 0 Å². The molecule has 3 aliphatic heterocycles. The second-order valence-electron chi connectivity index (χ2n) is 16.1. The van der Waals surface area contributed by atoms with E-state index in [4.69, 9.17) is 24.4 Å². The molecule has 0 radical (unpaired) electrons. The van der Waals surface area contributed by atoms with Crippen LogP contribution in [-0.4, -0.2) is 15.0 Å². The number of rotatable bonds is 6. The van der Waals surface area contributed by atoms with Crippen molar-refractivity contribution in [3.05, 3.63) is 218 Å². The van der Waals surface area contributed by atoms with Gasteiger partial charge in [-0.25, -0.2) is 15.0 Å². The van der Waals surface area contributed by atoms with Crippen LogP contribution in [-0.2, 0) is 0 Å². The number of para-hydroxylation sites is 10. The van der Waals surface area contributed by atoms with E-state index < -0.39 is 0 Å². The maximum atomic E-state index is 6.30. The molecule has 0 unspecified atom stereocenters. The lowest BCUT2D eigenvalue weighted by Gasteiger charge is -2.32. The summed E-state index contributed by atoms with van der Waals surface area (Å²) < 4.78 is 12.6. The predicted octanol–water partition coefficient (Wildman–Crippen LogP) is 16.0. The van der Waals surface area contributed by atoms with E-state index in [0.29, 0.717) is 17.5 Å². The van der Waals surface area contributed by atoms with Crippen molar-refractivity contribution in [3.8, 4) is 57.2 Å². The van der Waals surface area contributed by atoms with E-state index in [1.165, 1.54) is 9.79 Å². The maximum Gasteiger partial charge on any atom is 0.164 e. The molecule has 4 heterocycles. The van der Waals surface area contributed by atoms with E-state index in [9.17, 15) is 0 Å². The van der Waals surface area contributed by atoms with E-state index >= 15 is 0 Å². The Morgan fingerprint density at radius 1 is 0.273 bits per heavy atom. The van der Waals surface area contributed by atoms with Crippen LogP contribution in [0.5, 0.6) is 23.0 Å². The summed E-state index contributed by atoms with van der Waals surface area (Å²) >= 11 is 1.80. The molecule has 0 saturated carbocycles. The highest BCUT2D eigenvalue weighted by molar-refractivity contribution is 7.99. The molecule has 66 heavy (non-hydrogen) atoms. The molecule has 0 fully saturated rings. The van der Waals surface area contributed by atoms with Crippen LogP contribution < -0.4 is 24.2 Å². The molecular formula is C57H36N6O2S. The monoisotopic (exact) mass is 868 g/mol. The van der Waals surface area contributed by atoms with Crippen LogP contribution >= 0.6 is 11.8 Å². The van der Waals surface area contributed by atoms with Gasteiger partial charge in [0.25, 0.3) is 0 Å². The second-order valence-corrected chi connectivity index (χ2v) is 17.1. The molecule has 0 saturated heterocycles. The van der Waals surface area contributed by atoms with Crippen LogP contribution in [0.1, 0.15) is 0 Å². The summed E-state index contributed by atoms with van der Waals surface area (Å²) in [6.07, 6.45) is 0. The quantitative estimate of drug-likeness (QED) is 0.162. The smallest absolute Gasteiger partial charge is 0.164 e. The topological polar surface area (TPSA) is 66.8 Å². The number of hydrogen-bond donors (Lipinski definition) is 0. The van der Waals surface area contributed by atoms with Gasteiger partial charge in [-0.05, 0) is 146 Å². The van der Waals surface area contributed by atoms with Gasteiger partial charge in [0.05, 0.1) is 34.1 Å². The number of anilines is 9. The zero-order valence-corrected chi connectivity index (χ0v) is 36.0. The van der Waals surface area contributed by atoms with Gasteiger partial charge in [-0.15, -0.1) is 0 Å². The molecule has 0 bridgehead atoms. The number of fused-ring (bicyclic) bond motifs is 6. The highest BCUT2D eigenvalue weighted by Crippen LogP contribution is 2.53. The summed E-state index contributed by atoms with van der Waals surface area (Å²) in [5.41, 5.74) is 11.8. The van der Waals surface area contributed by atoms with E-state index in [0.717, 1.165) is 90.9 Å². The van der Waals surface area contributed by atoms with E-state index in [1.807, 2.05) is 72.8 Å². The third kappa shape index (κ3) is 6.44. The first kappa shape index (κ1) is 37.9. The summed E-state index contributed by atoms with van der Waals surface area (Å²) in [7, 11) is 0. The molecule has 0 aliphatic carbocycles. The van der Waals surface area contributed by atoms with E-state index in [2.05, 4.69) is 160 Å². The van der Waals surface area contributed by atoms with Gasteiger partial charge in [-0.1, -0.05) is 84.6 Å². The van der Waals surface area contributed by atoms with Crippen LogP contribution in [0.15, 0.2) is 228 Å². The molecule has 9 heteroatoms. The molecule has 0 amide bonds. The van der Waals surface area contributed by atoms with Crippen LogP contribution in [0.4, 0.5) is 51.2 Å². The first-order valence-electron chi connectivity index (χ1n) is 21.8. The van der Waals surface area contributed by atoms with Crippen molar-refractivity contribution < 1.29 is 9.47 Å². The lowest BCUT2D eigenvalue weighted by Crippen LogP contribution is -2.15. The molecule has 3 aliphatic rings. The molecule has 0 N–H and O–H groups in total. The van der Waals surface area contributed by atoms with Crippen molar-refractivity contribution in [2.75, 3.05) is 14.7 Å². The summed E-state index contributed by atoms with van der Waals surface area (Å²) in [4.78, 5) is 24.7. The van der Waals surface area contributed by atoms with Gasteiger partial charge in [-0.2, -0.15) is 0 Å². The zero-order valence-electron chi connectivity index (χ0n) is 35.2. The molecule has 0 atom stereocenters. The average molecular weight is 869 g/mol. The van der Waals surface area contributed by atoms with Gasteiger partial charge in [0.2, 0.25) is 0 Å². The van der Waals surface area contributed by atoms with Gasteiger partial charge in [0.15, 0.2) is 40.5 Å². The number of aromatic nitrogens is 3. The summed E-state index contributed by atoms with van der Waals surface area (Å²) in [6, 6.07) is 74.9. The highest BCUT2D eigenvalue weighted by atomic mass is 32.2. The molecule has 1 aromatic heterocycles. The van der Waals surface area contributed by atoms with Gasteiger partial charge in [0.1, 0.15) is 0 Å². The van der Waals surface area contributed by atoms with Gasteiger partial charge in [-0.3, -0.25) is 0 Å². The van der Waals surface area contributed by atoms with Crippen LogP contribution in [0, 0.1) is 0 Å². The minimum atomic E-state index is 0.574. The molecular weight excluding hydrogens is 833 g/mol. The normalized spacial score (nSPS) is 12.9. The predicted molar refractivity (Wildman–Crippen MR) is 264 cm³/mol. The lowest BCUT2D eigenvalue weighted by molar-refractivity contribution is 0.477. The molecule has 9 aromatic carbocycles. The van der Waals surface area contributed by atoms with Crippen molar-refractivity contribution >= 4 is 62.9 Å². The fourth-order valence-corrected chi connectivity index (χ4v) is 10.0. The molecule has 0 spiro atoms. The zero-order chi connectivity index (χ0) is 43.6. The fourth-order valence-electron chi connectivity index (χ4n) is 8.99. The Hall–Kier alpha value is -8.66. The summed E-state index contributed by atoms with van der Waals surface area (Å²) in [5, 5.41) is 0. The highest BCUT2D eigenvalue weighted by Gasteiger charge is 2.28. The lowest BCUT2D eigenvalue weighted by atomic mass is 10.1. The largest absolute Gasteiger partial charge is 0.453 e. The Balaban J connectivity index is 0.901. The Bertz CT molecular complexity index is 2970. The van der Waals surface area contributed by atoms with Crippen molar-refractivity contribution in [3.63, 3.8) is 0 Å². The van der Waals surface area contributed by atoms with Crippen molar-refractivity contribution in [1.82, 2.24) is 15.0 Å². The third-order valence-corrected chi connectivity index (χ3v) is 13.2. The van der Waals surface area contributed by atoms with Crippen molar-refractivity contribution in [2.24, 2.45) is 0 Å². The summed E-state index contributed by atoms with van der Waals surface area (Å²) in [6.45, 7) is 0. The second kappa shape index (κ2) is 15.5. The third-order valence-electron chi connectivity index (χ3n) is 12.1. The standard InChI is InChI=1S/C57H36N6O2S/c1-7-19-49-43(13-1)61(44-14-2-8-20-50(44)64-49)40-31-25-37(26-32-40)55-58-56(38-27-33-41(34-28-38)62-45-15-3-9-21-51(45)65-52-22-10-4-16-46(52)62)60-57(59-55)39-29-35-42(36-30-39)63-47-17-5-11-23-53(47)66-54-24-12-6-18-48(54)63/h1-36H.